The fourth-order valence-corrected chi connectivity index (χ4v) is 5.25. The number of hydrogen-bond acceptors (Lipinski definition) is 12. The van der Waals surface area contributed by atoms with Gasteiger partial charge in [-0.3, -0.25) is 0 Å². The van der Waals surface area contributed by atoms with E-state index in [1.54, 1.807) is 18.2 Å². The highest BCUT2D eigenvalue weighted by Crippen LogP contribution is 2.60. The third-order valence-corrected chi connectivity index (χ3v) is 7.13. The molecule has 6 N–H and O–H groups in total. The minimum Gasteiger partial charge on any atom is -0.508 e. The lowest BCUT2D eigenvalue weighted by atomic mass is 9.85. The molecule has 5 rings (SSSR count). The van der Waals surface area contributed by atoms with Crippen molar-refractivity contribution in [3.63, 3.8) is 0 Å². The molecular formula is C24H28O12. The first-order valence-corrected chi connectivity index (χ1v) is 11.5. The van der Waals surface area contributed by atoms with Crippen LogP contribution < -0.4 is 0 Å². The van der Waals surface area contributed by atoms with Gasteiger partial charge in [-0.25, -0.2) is 4.79 Å². The molecule has 1 aromatic rings. The summed E-state index contributed by atoms with van der Waals surface area (Å²) >= 11 is 0. The van der Waals surface area contributed by atoms with Gasteiger partial charge in [0.15, 0.2) is 6.29 Å². The second-order valence-corrected chi connectivity index (χ2v) is 9.25. The molecule has 0 unspecified atom stereocenters. The highest BCUT2D eigenvalue weighted by molar-refractivity contribution is 5.87. The maximum Gasteiger partial charge on any atom is 0.331 e. The van der Waals surface area contributed by atoms with Gasteiger partial charge in [0, 0.05) is 12.0 Å². The minimum atomic E-state index is -1.64. The molecule has 1 aliphatic carbocycles. The summed E-state index contributed by atoms with van der Waals surface area (Å²) in [5, 5.41) is 59.5. The number of fused-ring (bicyclic) bond motifs is 3. The van der Waals surface area contributed by atoms with Crippen LogP contribution in [-0.2, 0) is 28.5 Å². The van der Waals surface area contributed by atoms with Crippen molar-refractivity contribution in [2.45, 2.75) is 54.8 Å². The van der Waals surface area contributed by atoms with Crippen molar-refractivity contribution in [3.05, 3.63) is 48.2 Å². The molecule has 3 aliphatic heterocycles. The third-order valence-electron chi connectivity index (χ3n) is 7.13. The van der Waals surface area contributed by atoms with Gasteiger partial charge in [0.2, 0.25) is 6.29 Å². The summed E-state index contributed by atoms with van der Waals surface area (Å²) in [4.78, 5) is 12.6. The van der Waals surface area contributed by atoms with Gasteiger partial charge in [0.1, 0.15) is 48.0 Å². The van der Waals surface area contributed by atoms with Crippen molar-refractivity contribution in [2.75, 3.05) is 13.2 Å². The Kier molecular flexibility index (Phi) is 6.78. The van der Waals surface area contributed by atoms with Crippen molar-refractivity contribution in [1.82, 2.24) is 0 Å². The van der Waals surface area contributed by atoms with Gasteiger partial charge in [-0.1, -0.05) is 12.1 Å². The molecule has 196 valence electrons. The number of carbonyl (C=O) groups is 1. The molecule has 2 saturated heterocycles. The summed E-state index contributed by atoms with van der Waals surface area (Å²) in [6.07, 6.45) is -4.28. The molecule has 3 heterocycles. The average molecular weight is 508 g/mol. The van der Waals surface area contributed by atoms with E-state index in [-0.39, 0.29) is 5.75 Å². The van der Waals surface area contributed by atoms with Crippen LogP contribution in [0.25, 0.3) is 6.08 Å². The Labute approximate surface area is 205 Å². The normalized spacial score (nSPS) is 43.0. The lowest BCUT2D eigenvalue weighted by molar-refractivity contribution is -0.344. The predicted octanol–water partition coefficient (Wildman–Crippen LogP) is -1.62. The highest BCUT2D eigenvalue weighted by atomic mass is 16.8. The largest absolute Gasteiger partial charge is 0.508 e. The summed E-state index contributed by atoms with van der Waals surface area (Å²) in [6, 6.07) is 6.34. The van der Waals surface area contributed by atoms with Crippen LogP contribution in [0.2, 0.25) is 0 Å². The van der Waals surface area contributed by atoms with Crippen LogP contribution >= 0.6 is 0 Å². The third kappa shape index (κ3) is 4.29. The molecule has 11 atom stereocenters. The summed E-state index contributed by atoms with van der Waals surface area (Å²) in [6.45, 7) is -1.04. The Morgan fingerprint density at radius 3 is 2.64 bits per heavy atom. The quantitative estimate of drug-likeness (QED) is 0.141. The van der Waals surface area contributed by atoms with Gasteiger partial charge < -0.3 is 54.3 Å². The molecule has 1 saturated carbocycles. The molecule has 0 aromatic heterocycles. The molecular weight excluding hydrogens is 480 g/mol. The zero-order chi connectivity index (χ0) is 25.6. The molecule has 1 aromatic carbocycles. The van der Waals surface area contributed by atoms with Crippen LogP contribution in [0.4, 0.5) is 0 Å². The fraction of sp³-hybridized carbons (Fsp3) is 0.542. The number of benzene rings is 1. The monoisotopic (exact) mass is 508 g/mol. The van der Waals surface area contributed by atoms with Gasteiger partial charge >= 0.3 is 5.97 Å². The Balaban J connectivity index is 1.30. The van der Waals surface area contributed by atoms with E-state index in [0.717, 1.165) is 0 Å². The van der Waals surface area contributed by atoms with E-state index >= 15 is 0 Å². The Bertz CT molecular complexity index is 1030. The molecule has 0 bridgehead atoms. The maximum atomic E-state index is 12.6. The molecule has 4 aliphatic rings. The number of ether oxygens (including phenoxy) is 5. The van der Waals surface area contributed by atoms with Crippen molar-refractivity contribution in [2.24, 2.45) is 11.8 Å². The minimum absolute atomic E-state index is 0.0565. The maximum absolute atomic E-state index is 12.6. The smallest absolute Gasteiger partial charge is 0.331 e. The summed E-state index contributed by atoms with van der Waals surface area (Å²) in [7, 11) is 0. The van der Waals surface area contributed by atoms with E-state index in [2.05, 4.69) is 0 Å². The molecule has 0 radical (unpaired) electrons. The van der Waals surface area contributed by atoms with Gasteiger partial charge in [-0.05, 0) is 29.8 Å². The molecule has 3 fully saturated rings. The van der Waals surface area contributed by atoms with Gasteiger partial charge in [-0.2, -0.15) is 0 Å². The van der Waals surface area contributed by atoms with E-state index in [0.29, 0.717) is 5.56 Å². The fourth-order valence-electron chi connectivity index (χ4n) is 5.25. The number of carbonyl (C=O) groups excluding carboxylic acids is 1. The molecule has 0 amide bonds. The summed E-state index contributed by atoms with van der Waals surface area (Å²) in [5.41, 5.74) is -0.531. The van der Waals surface area contributed by atoms with E-state index in [1.165, 1.54) is 30.5 Å². The molecule has 36 heavy (non-hydrogen) atoms. The number of phenols is 1. The van der Waals surface area contributed by atoms with Crippen molar-refractivity contribution in [1.29, 1.82) is 0 Å². The van der Waals surface area contributed by atoms with Crippen LogP contribution in [0.3, 0.4) is 0 Å². The number of aromatic hydroxyl groups is 1. The van der Waals surface area contributed by atoms with E-state index in [1.807, 2.05) is 0 Å². The Morgan fingerprint density at radius 2 is 1.92 bits per heavy atom. The summed E-state index contributed by atoms with van der Waals surface area (Å²) < 4.78 is 28.3. The number of esters is 1. The van der Waals surface area contributed by atoms with Gasteiger partial charge in [0.05, 0.1) is 25.4 Å². The number of aliphatic hydroxyl groups is 5. The predicted molar refractivity (Wildman–Crippen MR) is 118 cm³/mol. The number of rotatable bonds is 7. The molecule has 0 spiro atoms. The molecule has 12 heteroatoms. The molecule has 12 nitrogen and oxygen atoms in total. The van der Waals surface area contributed by atoms with Crippen molar-refractivity contribution in [3.8, 4) is 5.75 Å². The SMILES string of the molecule is O=C(C=Cc1cccc(O)c1)O[C@H]1[C@@H]2C=CO[C@@H](O[C@@H]3O[C@H](CO)[C@@H](O)[C@H](O)[C@H]3O)[C@@H]2[C@@]2(CO)O[C@@H]12. The number of aliphatic hydroxyl groups excluding tert-OH is 5. The van der Waals surface area contributed by atoms with Gasteiger partial charge in [0.25, 0.3) is 0 Å². The first-order valence-electron chi connectivity index (χ1n) is 11.5. The van der Waals surface area contributed by atoms with Crippen LogP contribution in [-0.4, -0.2) is 105 Å². The van der Waals surface area contributed by atoms with Crippen LogP contribution in [0.5, 0.6) is 5.75 Å². The average Bonchev–Trinajstić information content (AvgIpc) is 3.55. The lowest BCUT2D eigenvalue weighted by Gasteiger charge is -2.43. The first kappa shape index (κ1) is 25.1. The zero-order valence-corrected chi connectivity index (χ0v) is 18.9. The van der Waals surface area contributed by atoms with Crippen molar-refractivity contribution < 1.29 is 59.1 Å². The topological polar surface area (TPSA) is 188 Å². The van der Waals surface area contributed by atoms with E-state index in [4.69, 9.17) is 23.7 Å². The van der Waals surface area contributed by atoms with Crippen LogP contribution in [0, 0.1) is 11.8 Å². The second-order valence-electron chi connectivity index (χ2n) is 9.25. The Hall–Kier alpha value is -2.55. The van der Waals surface area contributed by atoms with E-state index < -0.39 is 85.8 Å². The van der Waals surface area contributed by atoms with Crippen LogP contribution in [0.15, 0.2) is 42.7 Å². The summed E-state index contributed by atoms with van der Waals surface area (Å²) in [5.74, 6) is -1.74. The van der Waals surface area contributed by atoms with Crippen molar-refractivity contribution >= 4 is 12.0 Å². The van der Waals surface area contributed by atoms with Crippen LogP contribution in [0.1, 0.15) is 5.56 Å². The Morgan fingerprint density at radius 1 is 1.11 bits per heavy atom. The van der Waals surface area contributed by atoms with Gasteiger partial charge in [-0.15, -0.1) is 0 Å². The van der Waals surface area contributed by atoms with E-state index in [9.17, 15) is 35.4 Å². The number of epoxide rings is 1. The number of hydrogen-bond donors (Lipinski definition) is 6. The lowest BCUT2D eigenvalue weighted by Crippen LogP contribution is -2.60. The second kappa shape index (κ2) is 9.72. The zero-order valence-electron chi connectivity index (χ0n) is 18.9. The number of phenolic OH excluding ortho intramolecular Hbond substituents is 1. The first-order chi connectivity index (χ1) is 17.3. The highest BCUT2D eigenvalue weighted by Gasteiger charge is 2.77. The standard InChI is InChI=1S/C24H28O12/c25-9-14-17(29)18(30)19(31)23(33-14)35-22-16-13(6-7-32-22)20(21-24(16,10-26)36-21)34-15(28)5-4-11-2-1-3-12(27)8-11/h1-8,13-14,16-23,25-27,29-31H,9-10H2/t13-,14-,16-,17-,18+,19-,20+,21+,22+,23+,24-/m1/s1.